The molecule has 1 saturated carbocycles. The summed E-state index contributed by atoms with van der Waals surface area (Å²) in [6.45, 7) is 0.0465. The van der Waals surface area contributed by atoms with E-state index in [1.165, 1.54) is 6.42 Å². The summed E-state index contributed by atoms with van der Waals surface area (Å²) in [5, 5.41) is 18.6. The van der Waals surface area contributed by atoms with Crippen LogP contribution in [0, 0.1) is 5.92 Å². The highest BCUT2D eigenvalue weighted by molar-refractivity contribution is 5.94. The summed E-state index contributed by atoms with van der Waals surface area (Å²) >= 11 is 0. The number of rotatable bonds is 9. The zero-order valence-corrected chi connectivity index (χ0v) is 20.0. The molecule has 1 aliphatic rings. The van der Waals surface area contributed by atoms with Crippen LogP contribution < -0.4 is 10.6 Å². The average molecular weight is 516 g/mol. The van der Waals surface area contributed by atoms with Crippen LogP contribution in [0.5, 0.6) is 0 Å². The fourth-order valence-electron chi connectivity index (χ4n) is 4.55. The molecule has 3 N–H and O–H groups in total. The van der Waals surface area contributed by atoms with Crippen LogP contribution in [0.4, 0.5) is 19.0 Å². The van der Waals surface area contributed by atoms with Crippen LogP contribution in [0.2, 0.25) is 0 Å². The summed E-state index contributed by atoms with van der Waals surface area (Å²) in [5.41, 5.74) is 0.537. The number of carbonyl (C=O) groups is 2. The van der Waals surface area contributed by atoms with Crippen molar-refractivity contribution >= 4 is 17.7 Å². The van der Waals surface area contributed by atoms with E-state index in [9.17, 15) is 22.8 Å². The number of aromatic nitrogens is 3. The van der Waals surface area contributed by atoms with Crippen LogP contribution >= 0.6 is 0 Å². The molecular formula is C26H28F3N5O3. The van der Waals surface area contributed by atoms with Crippen molar-refractivity contribution in [3.05, 3.63) is 71.5 Å². The van der Waals surface area contributed by atoms with Gasteiger partial charge in [0.15, 0.2) is 5.82 Å². The Morgan fingerprint density at radius 2 is 1.81 bits per heavy atom. The second kappa shape index (κ2) is 11.4. The summed E-state index contributed by atoms with van der Waals surface area (Å²) in [6.07, 6.45) is 2.46. The van der Waals surface area contributed by atoms with Gasteiger partial charge >= 0.3 is 12.1 Å². The monoisotopic (exact) mass is 515 g/mol. The number of halogens is 3. The molecule has 11 heteroatoms. The van der Waals surface area contributed by atoms with Crippen molar-refractivity contribution in [3.8, 4) is 5.82 Å². The lowest BCUT2D eigenvalue weighted by molar-refractivity contribution is -0.138. The normalized spacial score (nSPS) is 15.2. The summed E-state index contributed by atoms with van der Waals surface area (Å²) in [5.74, 6) is -0.246. The Morgan fingerprint density at radius 1 is 1.08 bits per heavy atom. The molecule has 0 bridgehead atoms. The highest BCUT2D eigenvalue weighted by Crippen LogP contribution is 2.37. The molecule has 2 heterocycles. The van der Waals surface area contributed by atoms with E-state index in [1.54, 1.807) is 30.3 Å². The number of nitrogens with one attached hydrogen (secondary N) is 2. The van der Waals surface area contributed by atoms with Crippen molar-refractivity contribution in [1.29, 1.82) is 0 Å². The van der Waals surface area contributed by atoms with Gasteiger partial charge in [0, 0.05) is 18.3 Å². The number of amides is 1. The third-order valence-corrected chi connectivity index (χ3v) is 6.46. The Hall–Kier alpha value is -3.89. The number of hydrogen-bond acceptors (Lipinski definition) is 5. The Morgan fingerprint density at radius 3 is 2.46 bits per heavy atom. The largest absolute Gasteiger partial charge is 0.481 e. The minimum atomic E-state index is -4.49. The number of carboxylic acid groups (broad SMARTS) is 1. The van der Waals surface area contributed by atoms with Gasteiger partial charge in [-0.15, -0.1) is 0 Å². The van der Waals surface area contributed by atoms with Crippen molar-refractivity contribution in [3.63, 3.8) is 0 Å². The van der Waals surface area contributed by atoms with Gasteiger partial charge in [0.25, 0.3) is 5.91 Å². The molecule has 1 aromatic carbocycles. The molecule has 2 aromatic heterocycles. The van der Waals surface area contributed by atoms with Gasteiger partial charge in [-0.3, -0.25) is 9.59 Å². The van der Waals surface area contributed by atoms with Gasteiger partial charge in [-0.1, -0.05) is 37.5 Å². The zero-order chi connectivity index (χ0) is 26.4. The number of anilines is 1. The summed E-state index contributed by atoms with van der Waals surface area (Å²) in [6, 6.07) is 12.1. The van der Waals surface area contributed by atoms with Crippen LogP contribution in [0.1, 0.15) is 66.1 Å². The lowest BCUT2D eigenvalue weighted by Gasteiger charge is -2.32. The van der Waals surface area contributed by atoms with Gasteiger partial charge in [-0.05, 0) is 48.6 Å². The maximum atomic E-state index is 13.0. The average Bonchev–Trinajstić information content (AvgIpc) is 3.39. The van der Waals surface area contributed by atoms with E-state index in [1.807, 2.05) is 12.1 Å². The van der Waals surface area contributed by atoms with E-state index in [0.29, 0.717) is 17.3 Å². The minimum Gasteiger partial charge on any atom is -0.481 e. The Labute approximate surface area is 211 Å². The van der Waals surface area contributed by atoms with Crippen LogP contribution in [0.15, 0.2) is 54.9 Å². The van der Waals surface area contributed by atoms with Crippen molar-refractivity contribution in [2.24, 2.45) is 5.92 Å². The second-order valence-corrected chi connectivity index (χ2v) is 9.09. The van der Waals surface area contributed by atoms with E-state index in [-0.39, 0.29) is 30.7 Å². The number of aliphatic carboxylic acids is 1. The SMILES string of the molecule is O=C(O)CCNC(=O)c1ccc(C(Nc2cccc(-n3cc(C(F)(F)F)cn3)n2)C2CCCCC2)cc1. The van der Waals surface area contributed by atoms with Crippen molar-refractivity contribution in [2.75, 3.05) is 11.9 Å². The van der Waals surface area contributed by atoms with E-state index in [4.69, 9.17) is 5.11 Å². The van der Waals surface area contributed by atoms with Gasteiger partial charge < -0.3 is 15.7 Å². The van der Waals surface area contributed by atoms with E-state index >= 15 is 0 Å². The van der Waals surface area contributed by atoms with Gasteiger partial charge in [0.1, 0.15) is 5.82 Å². The molecule has 1 atom stereocenters. The molecule has 4 rings (SSSR count). The number of alkyl halides is 3. The van der Waals surface area contributed by atoms with Gasteiger partial charge in [0.2, 0.25) is 0 Å². The zero-order valence-electron chi connectivity index (χ0n) is 20.0. The first-order valence-corrected chi connectivity index (χ1v) is 12.2. The topological polar surface area (TPSA) is 109 Å². The number of hydrogen-bond donors (Lipinski definition) is 3. The Balaban J connectivity index is 1.53. The van der Waals surface area contributed by atoms with Crippen molar-refractivity contribution < 1.29 is 27.9 Å². The lowest BCUT2D eigenvalue weighted by Crippen LogP contribution is -2.26. The van der Waals surface area contributed by atoms with Crippen LogP contribution in [-0.2, 0) is 11.0 Å². The first kappa shape index (κ1) is 26.2. The molecule has 3 aromatic rings. The molecule has 0 aliphatic heterocycles. The van der Waals surface area contributed by atoms with Crippen molar-refractivity contribution in [1.82, 2.24) is 20.1 Å². The molecule has 1 aliphatic carbocycles. The van der Waals surface area contributed by atoms with E-state index < -0.39 is 17.7 Å². The van der Waals surface area contributed by atoms with Gasteiger partial charge in [-0.2, -0.15) is 18.3 Å². The summed E-state index contributed by atoms with van der Waals surface area (Å²) in [4.78, 5) is 27.5. The third kappa shape index (κ3) is 6.87. The van der Waals surface area contributed by atoms with E-state index in [2.05, 4.69) is 20.7 Å². The van der Waals surface area contributed by atoms with Crippen LogP contribution in [-0.4, -0.2) is 38.3 Å². The second-order valence-electron chi connectivity index (χ2n) is 9.09. The molecule has 0 saturated heterocycles. The van der Waals surface area contributed by atoms with Crippen LogP contribution in [0.25, 0.3) is 5.82 Å². The minimum absolute atomic E-state index is 0.0465. The highest BCUT2D eigenvalue weighted by Gasteiger charge is 2.32. The summed E-state index contributed by atoms with van der Waals surface area (Å²) in [7, 11) is 0. The lowest BCUT2D eigenvalue weighted by atomic mass is 9.81. The first-order valence-electron chi connectivity index (χ1n) is 12.2. The number of carbonyl (C=O) groups excluding carboxylic acids is 1. The van der Waals surface area contributed by atoms with Crippen molar-refractivity contribution in [2.45, 2.75) is 50.7 Å². The maximum Gasteiger partial charge on any atom is 0.419 e. The van der Waals surface area contributed by atoms with Crippen LogP contribution in [0.3, 0.4) is 0 Å². The molecule has 8 nitrogen and oxygen atoms in total. The third-order valence-electron chi connectivity index (χ3n) is 6.46. The van der Waals surface area contributed by atoms with E-state index in [0.717, 1.165) is 48.3 Å². The predicted octanol–water partition coefficient (Wildman–Crippen LogP) is 5.22. The molecule has 0 spiro atoms. The standard InChI is InChI=1S/C26H28F3N5O3/c27-26(28,29)20-15-31-34(16-20)22-8-4-7-21(32-22)33-24(17-5-2-1-3-6-17)18-9-11-19(12-10-18)25(37)30-14-13-23(35)36/h4,7-12,15-17,24H,1-3,5-6,13-14H2,(H,30,37)(H,32,33)(H,35,36). The highest BCUT2D eigenvalue weighted by atomic mass is 19.4. The molecule has 1 fully saturated rings. The Bertz CT molecular complexity index is 1220. The molecule has 1 unspecified atom stereocenters. The molecular weight excluding hydrogens is 487 g/mol. The fraction of sp³-hybridized carbons (Fsp3) is 0.385. The Kier molecular flexibility index (Phi) is 8.10. The molecule has 196 valence electrons. The predicted molar refractivity (Wildman–Crippen MR) is 130 cm³/mol. The van der Waals surface area contributed by atoms with Gasteiger partial charge in [0.05, 0.1) is 24.2 Å². The smallest absolute Gasteiger partial charge is 0.419 e. The number of pyridine rings is 1. The first-order chi connectivity index (χ1) is 17.7. The van der Waals surface area contributed by atoms with Gasteiger partial charge in [-0.25, -0.2) is 9.67 Å². The molecule has 0 radical (unpaired) electrons. The quantitative estimate of drug-likeness (QED) is 0.360. The molecule has 1 amide bonds. The molecule has 37 heavy (non-hydrogen) atoms. The number of benzene rings is 1. The summed E-state index contributed by atoms with van der Waals surface area (Å²) < 4.78 is 40.1. The fourth-order valence-corrected chi connectivity index (χ4v) is 4.55. The number of carboxylic acids is 1. The number of nitrogens with zero attached hydrogens (tertiary/aromatic N) is 3. The maximum absolute atomic E-state index is 13.0.